The van der Waals surface area contributed by atoms with Gasteiger partial charge in [0.1, 0.15) is 5.78 Å². The van der Waals surface area contributed by atoms with Gasteiger partial charge in [0.2, 0.25) is 5.95 Å². The second-order valence-electron chi connectivity index (χ2n) is 17.1. The molecule has 2 aliphatic heterocycles. The zero-order valence-electron chi connectivity index (χ0n) is 38.7. The second-order valence-corrected chi connectivity index (χ2v) is 18.1. The Morgan fingerprint density at radius 2 is 1.46 bits per heavy atom. The summed E-state index contributed by atoms with van der Waals surface area (Å²) in [5, 5.41) is 3.62. The quantitative estimate of drug-likeness (QED) is 0.0533. The molecule has 0 saturated carbocycles. The number of aliphatic imine (C=N–C) groups is 2. The first-order chi connectivity index (χ1) is 30.1. The number of ketones is 1. The van der Waals surface area contributed by atoms with Gasteiger partial charge < -0.3 is 25.9 Å². The molecule has 332 valence electrons. The average Bonchev–Trinajstić information content (AvgIpc) is 4.02. The van der Waals surface area contributed by atoms with Crippen molar-refractivity contribution in [3.05, 3.63) is 124 Å². The predicted molar refractivity (Wildman–Crippen MR) is 269 cm³/mol. The van der Waals surface area contributed by atoms with Crippen molar-refractivity contribution in [2.45, 2.75) is 132 Å². The van der Waals surface area contributed by atoms with Crippen molar-refractivity contribution in [1.29, 1.82) is 0 Å². The molecule has 5 N–H and O–H groups in total. The van der Waals surface area contributed by atoms with E-state index in [1.165, 1.54) is 5.56 Å². The molecule has 63 heavy (non-hydrogen) atoms. The first kappa shape index (κ1) is 46.7. The van der Waals surface area contributed by atoms with Gasteiger partial charge in [-0.2, -0.15) is 0 Å². The number of fused-ring (bicyclic) bond motifs is 2. The maximum absolute atomic E-state index is 12.8. The summed E-state index contributed by atoms with van der Waals surface area (Å²) in [7, 11) is 0. The normalized spacial score (nSPS) is 15.0. The number of Topliss-reactive ketones (excluding diaryl/α,β-unsaturated/α-hetero) is 1. The molecule has 0 bridgehead atoms. The standard InChI is InChI=1S/C52H67N9OS/c1-12-31(5)24-42(62)21-17-16-20-39-28-40(34(8)53)29-47-49(39)60(51(59-47)57-36(10)43-25-32(6)55-45(43)14-3)22-18-19-23-61-50-38(13-2)27-41(35(9)54)30-48(50)63-52(61)58-37(11)44-26-33(7)56-46(44)15-4/h18-19,27-31H,8-17,20-26,53-54H2,1-7H3,(H,57,59)/b19-18+,58-52?. The number of anilines is 1. The number of unbranched alkanes of at least 4 members (excludes halogenated alkanes) is 1. The third-order valence-corrected chi connectivity index (χ3v) is 13.2. The number of hydrogen-bond acceptors (Lipinski definition) is 9. The largest absolute Gasteiger partial charge is 0.399 e. The van der Waals surface area contributed by atoms with Gasteiger partial charge in [-0.05, 0) is 105 Å². The fourth-order valence-electron chi connectivity index (χ4n) is 8.56. The number of benzene rings is 2. The van der Waals surface area contributed by atoms with E-state index in [-0.39, 0.29) is 0 Å². The van der Waals surface area contributed by atoms with Crippen LogP contribution < -0.4 is 21.6 Å². The SMILES string of the molecule is C=C(N=c1sc2cc(C(=C)N)cc(CC)c2n1C/C=C/Cn1c(NC(=C)C2=C(CC)N=C(C)C2)nc2cc(C(=C)N)cc(CCCCC(=O)CC(C)CC)c21)C1=C(CC)N=C(C)C1. The average molecular weight is 866 g/mol. The van der Waals surface area contributed by atoms with E-state index in [1.54, 1.807) is 11.3 Å². The molecule has 1 unspecified atom stereocenters. The minimum Gasteiger partial charge on any atom is -0.399 e. The lowest BCUT2D eigenvalue weighted by Gasteiger charge is -2.15. The molecule has 2 aromatic heterocycles. The molecule has 0 aliphatic carbocycles. The zero-order chi connectivity index (χ0) is 45.5. The van der Waals surface area contributed by atoms with Crippen LogP contribution in [-0.4, -0.2) is 31.3 Å². The van der Waals surface area contributed by atoms with Crippen molar-refractivity contribution in [2.24, 2.45) is 32.4 Å². The molecule has 0 saturated heterocycles. The highest BCUT2D eigenvalue weighted by Gasteiger charge is 2.22. The van der Waals surface area contributed by atoms with Crippen LogP contribution in [-0.2, 0) is 30.7 Å². The Bertz CT molecular complexity index is 2720. The maximum atomic E-state index is 12.8. The smallest absolute Gasteiger partial charge is 0.208 e. The number of allylic oxidation sites excluding steroid dienone is 6. The van der Waals surface area contributed by atoms with E-state index in [4.69, 9.17) is 31.4 Å². The summed E-state index contributed by atoms with van der Waals surface area (Å²) in [6, 6.07) is 8.42. The summed E-state index contributed by atoms with van der Waals surface area (Å²) in [6.45, 7) is 33.0. The number of carbonyl (C=O) groups is 1. The Morgan fingerprint density at radius 3 is 2.10 bits per heavy atom. The molecular formula is C52H67N9OS. The van der Waals surface area contributed by atoms with Gasteiger partial charge >= 0.3 is 0 Å². The van der Waals surface area contributed by atoms with Crippen LogP contribution in [0, 0.1) is 5.92 Å². The van der Waals surface area contributed by atoms with Crippen molar-refractivity contribution in [2.75, 3.05) is 5.32 Å². The lowest BCUT2D eigenvalue weighted by molar-refractivity contribution is -0.120. The molecule has 0 fully saturated rings. The van der Waals surface area contributed by atoms with Crippen LogP contribution >= 0.6 is 11.3 Å². The minimum absolute atomic E-state index is 0.337. The number of nitrogens with one attached hydrogen (secondary N) is 1. The number of imidazole rings is 1. The summed E-state index contributed by atoms with van der Waals surface area (Å²) in [5.74, 6) is 1.44. The summed E-state index contributed by atoms with van der Waals surface area (Å²) in [4.78, 5) is 33.6. The molecule has 1 atom stereocenters. The van der Waals surface area contributed by atoms with Crippen LogP contribution in [0.2, 0.25) is 0 Å². The van der Waals surface area contributed by atoms with Crippen LogP contribution in [0.1, 0.15) is 129 Å². The van der Waals surface area contributed by atoms with Crippen LogP contribution in [0.3, 0.4) is 0 Å². The van der Waals surface area contributed by atoms with Crippen molar-refractivity contribution < 1.29 is 4.79 Å². The van der Waals surface area contributed by atoms with Gasteiger partial charge in [-0.3, -0.25) is 14.8 Å². The Labute approximate surface area is 378 Å². The van der Waals surface area contributed by atoms with Gasteiger partial charge in [-0.25, -0.2) is 9.98 Å². The monoisotopic (exact) mass is 866 g/mol. The molecule has 0 radical (unpaired) electrons. The van der Waals surface area contributed by atoms with Crippen molar-refractivity contribution in [3.63, 3.8) is 0 Å². The molecule has 0 spiro atoms. The van der Waals surface area contributed by atoms with Crippen LogP contribution in [0.4, 0.5) is 5.95 Å². The van der Waals surface area contributed by atoms with Gasteiger partial charge in [-0.15, -0.1) is 0 Å². The molecule has 2 aromatic carbocycles. The minimum atomic E-state index is 0.337. The van der Waals surface area contributed by atoms with Crippen molar-refractivity contribution >= 4 is 67.1 Å². The van der Waals surface area contributed by atoms with E-state index in [1.807, 2.05) is 6.07 Å². The Morgan fingerprint density at radius 1 is 0.841 bits per heavy atom. The van der Waals surface area contributed by atoms with Crippen LogP contribution in [0.15, 0.2) is 112 Å². The number of hydrogen-bond donors (Lipinski definition) is 3. The van der Waals surface area contributed by atoms with Crippen molar-refractivity contribution in [1.82, 2.24) is 14.1 Å². The molecule has 0 amide bonds. The molecule has 4 aromatic rings. The van der Waals surface area contributed by atoms with E-state index < -0.39 is 0 Å². The zero-order valence-corrected chi connectivity index (χ0v) is 39.5. The number of aryl methyl sites for hydroxylation is 2. The van der Waals surface area contributed by atoms with Gasteiger partial charge in [0.25, 0.3) is 0 Å². The first-order valence-electron chi connectivity index (χ1n) is 22.6. The van der Waals surface area contributed by atoms with E-state index in [0.717, 1.165) is 146 Å². The Hall–Kier alpha value is -5.81. The highest BCUT2D eigenvalue weighted by molar-refractivity contribution is 7.16. The predicted octanol–water partition coefficient (Wildman–Crippen LogP) is 11.8. The summed E-state index contributed by atoms with van der Waals surface area (Å²) < 4.78 is 5.62. The van der Waals surface area contributed by atoms with E-state index >= 15 is 0 Å². The van der Waals surface area contributed by atoms with Crippen LogP contribution in [0.25, 0.3) is 32.6 Å². The second kappa shape index (κ2) is 20.6. The molecule has 11 heteroatoms. The number of rotatable bonds is 22. The number of thiazole rings is 1. The first-order valence-corrected chi connectivity index (χ1v) is 23.5. The third kappa shape index (κ3) is 10.7. The number of aromatic nitrogens is 3. The van der Waals surface area contributed by atoms with E-state index in [2.05, 4.69) is 120 Å². The Balaban J connectivity index is 1.40. The summed E-state index contributed by atoms with van der Waals surface area (Å²) in [6.07, 6.45) is 13.1. The lowest BCUT2D eigenvalue weighted by atomic mass is 9.97. The van der Waals surface area contributed by atoms with E-state index in [0.29, 0.717) is 55.0 Å². The van der Waals surface area contributed by atoms with Crippen LogP contribution in [0.5, 0.6) is 0 Å². The fourth-order valence-corrected chi connectivity index (χ4v) is 9.71. The van der Waals surface area contributed by atoms with E-state index in [9.17, 15) is 4.79 Å². The number of nitrogens with two attached hydrogens (primary N) is 2. The van der Waals surface area contributed by atoms with Gasteiger partial charge in [-0.1, -0.05) is 90.8 Å². The molecule has 10 nitrogen and oxygen atoms in total. The third-order valence-electron chi connectivity index (χ3n) is 12.2. The molecule has 6 rings (SSSR count). The fraction of sp³-hybridized carbons (Fsp3) is 0.404. The summed E-state index contributed by atoms with van der Waals surface area (Å²) in [5.41, 5.74) is 28.7. The highest BCUT2D eigenvalue weighted by atomic mass is 32.1. The number of carbonyl (C=O) groups excluding carboxylic acids is 1. The lowest BCUT2D eigenvalue weighted by Crippen LogP contribution is -2.15. The highest BCUT2D eigenvalue weighted by Crippen LogP contribution is 2.33. The topological polar surface area (TPSA) is 141 Å². The number of nitrogens with zero attached hydrogens (tertiary/aromatic N) is 6. The molecule has 4 heterocycles. The molecule has 2 aliphatic rings. The maximum Gasteiger partial charge on any atom is 0.208 e. The van der Waals surface area contributed by atoms with Crippen molar-refractivity contribution in [3.8, 4) is 0 Å². The van der Waals surface area contributed by atoms with Gasteiger partial charge in [0, 0.05) is 89.8 Å². The Kier molecular flexibility index (Phi) is 15.3. The molecular weight excluding hydrogens is 799 g/mol. The van der Waals surface area contributed by atoms with Gasteiger partial charge in [0.15, 0.2) is 4.80 Å². The summed E-state index contributed by atoms with van der Waals surface area (Å²) >= 11 is 1.64. The van der Waals surface area contributed by atoms with Gasteiger partial charge in [0.05, 0.1) is 26.9 Å².